The quantitative estimate of drug-likeness (QED) is 0.398. The van der Waals surface area contributed by atoms with Crippen LogP contribution in [0, 0.1) is 6.92 Å². The van der Waals surface area contributed by atoms with Gasteiger partial charge < -0.3 is 10.1 Å². The van der Waals surface area contributed by atoms with Crippen LogP contribution in [0.4, 0.5) is 5.69 Å². The molecule has 0 aliphatic heterocycles. The molecule has 0 saturated heterocycles. The molecule has 2 aromatic heterocycles. The van der Waals surface area contributed by atoms with Gasteiger partial charge in [0.15, 0.2) is 9.84 Å². The highest BCUT2D eigenvalue weighted by atomic mass is 32.2. The third-order valence-corrected chi connectivity index (χ3v) is 7.37. The Balaban J connectivity index is 1.30. The summed E-state index contributed by atoms with van der Waals surface area (Å²) < 4.78 is 32.0. The molecule has 1 N–H and O–H groups in total. The first kappa shape index (κ1) is 23.0. The molecule has 1 saturated carbocycles. The molecule has 180 valence electrons. The topological polar surface area (TPSA) is 103 Å². The van der Waals surface area contributed by atoms with Gasteiger partial charge in [-0.1, -0.05) is 12.1 Å². The van der Waals surface area contributed by atoms with E-state index in [0.717, 1.165) is 24.0 Å². The molecule has 2 heterocycles. The SMILES string of the molecule is Cc1cc(CC(=O)Nc2cnn(C3CCC3)c2)ccc1Oc1ccnc2ccc(S(C)(=O)=O)cc12. The fraction of sp³-hybridized carbons (Fsp3) is 0.269. The summed E-state index contributed by atoms with van der Waals surface area (Å²) in [7, 11) is -3.36. The maximum atomic E-state index is 12.6. The van der Waals surface area contributed by atoms with Gasteiger partial charge in [0.25, 0.3) is 0 Å². The summed E-state index contributed by atoms with van der Waals surface area (Å²) in [5.41, 5.74) is 3.06. The van der Waals surface area contributed by atoms with E-state index in [4.69, 9.17) is 4.74 Å². The van der Waals surface area contributed by atoms with E-state index in [1.54, 1.807) is 30.6 Å². The van der Waals surface area contributed by atoms with Crippen LogP contribution < -0.4 is 10.1 Å². The second-order valence-corrected chi connectivity index (χ2v) is 11.0. The minimum atomic E-state index is -3.36. The van der Waals surface area contributed by atoms with E-state index in [1.165, 1.54) is 18.7 Å². The van der Waals surface area contributed by atoms with Gasteiger partial charge >= 0.3 is 0 Å². The first-order chi connectivity index (χ1) is 16.8. The lowest BCUT2D eigenvalue weighted by Gasteiger charge is -2.25. The Morgan fingerprint density at radius 2 is 1.97 bits per heavy atom. The van der Waals surface area contributed by atoms with Crippen molar-refractivity contribution in [3.05, 3.63) is 72.2 Å². The predicted molar refractivity (Wildman–Crippen MR) is 134 cm³/mol. The fourth-order valence-corrected chi connectivity index (χ4v) is 4.77. The van der Waals surface area contributed by atoms with Gasteiger partial charge in [0.1, 0.15) is 11.5 Å². The van der Waals surface area contributed by atoms with Crippen LogP contribution in [0.25, 0.3) is 10.9 Å². The molecule has 9 heteroatoms. The molecule has 1 amide bonds. The second kappa shape index (κ2) is 9.14. The highest BCUT2D eigenvalue weighted by Crippen LogP contribution is 2.33. The lowest BCUT2D eigenvalue weighted by molar-refractivity contribution is -0.115. The molecule has 0 unspecified atom stereocenters. The Hall–Kier alpha value is -3.72. The second-order valence-electron chi connectivity index (χ2n) is 8.98. The van der Waals surface area contributed by atoms with Crippen molar-refractivity contribution in [1.29, 1.82) is 0 Å². The number of rotatable bonds is 7. The number of benzene rings is 2. The van der Waals surface area contributed by atoms with Gasteiger partial charge in [-0.15, -0.1) is 0 Å². The summed E-state index contributed by atoms with van der Waals surface area (Å²) in [5.74, 6) is 1.02. The zero-order chi connectivity index (χ0) is 24.6. The standard InChI is InChI=1S/C26H26N4O4S/c1-17-12-18(13-26(31)29-19-15-28-30(16-19)20-4-3-5-20)6-9-24(17)34-25-10-11-27-23-8-7-21(14-22(23)25)35(2,32)33/h6-12,14-16,20H,3-5,13H2,1-2H3,(H,29,31). The summed E-state index contributed by atoms with van der Waals surface area (Å²) in [6.45, 7) is 1.91. The molecule has 35 heavy (non-hydrogen) atoms. The van der Waals surface area contributed by atoms with Crippen molar-refractivity contribution in [2.45, 2.75) is 43.5 Å². The highest BCUT2D eigenvalue weighted by molar-refractivity contribution is 7.90. The average Bonchev–Trinajstić information content (AvgIpc) is 3.21. The van der Waals surface area contributed by atoms with Crippen molar-refractivity contribution >= 4 is 32.3 Å². The Bertz CT molecular complexity index is 1520. The number of carbonyl (C=O) groups excluding carboxylic acids is 1. The lowest BCUT2D eigenvalue weighted by Crippen LogP contribution is -2.17. The monoisotopic (exact) mass is 490 g/mol. The Kier molecular flexibility index (Phi) is 6.02. The van der Waals surface area contributed by atoms with Crippen molar-refractivity contribution in [3.8, 4) is 11.5 Å². The third kappa shape index (κ3) is 5.05. The Labute approximate surface area is 203 Å². The van der Waals surface area contributed by atoms with E-state index in [0.29, 0.717) is 34.1 Å². The molecule has 1 fully saturated rings. The minimum absolute atomic E-state index is 0.111. The molecular weight excluding hydrogens is 464 g/mol. The first-order valence-corrected chi connectivity index (χ1v) is 13.4. The molecule has 4 aromatic rings. The molecule has 1 aliphatic carbocycles. The van der Waals surface area contributed by atoms with Crippen LogP contribution in [0.2, 0.25) is 0 Å². The third-order valence-electron chi connectivity index (χ3n) is 6.26. The fourth-order valence-electron chi connectivity index (χ4n) is 4.12. The average molecular weight is 491 g/mol. The van der Waals surface area contributed by atoms with E-state index >= 15 is 0 Å². The predicted octanol–water partition coefficient (Wildman–Crippen LogP) is 4.84. The number of ether oxygens (including phenoxy) is 1. The van der Waals surface area contributed by atoms with E-state index in [-0.39, 0.29) is 17.2 Å². The molecule has 0 atom stereocenters. The number of nitrogens with zero attached hydrogens (tertiary/aromatic N) is 3. The number of hydrogen-bond acceptors (Lipinski definition) is 6. The van der Waals surface area contributed by atoms with Gasteiger partial charge in [-0.2, -0.15) is 5.10 Å². The number of aromatic nitrogens is 3. The van der Waals surface area contributed by atoms with Crippen molar-refractivity contribution in [2.24, 2.45) is 0 Å². The van der Waals surface area contributed by atoms with Gasteiger partial charge in [0.05, 0.1) is 34.8 Å². The molecule has 1 aliphatic rings. The van der Waals surface area contributed by atoms with Crippen LogP contribution in [0.1, 0.15) is 36.4 Å². The van der Waals surface area contributed by atoms with Crippen LogP contribution in [0.15, 0.2) is 66.0 Å². The van der Waals surface area contributed by atoms with E-state index in [1.807, 2.05) is 36.0 Å². The van der Waals surface area contributed by atoms with Crippen LogP contribution in [0.3, 0.4) is 0 Å². The van der Waals surface area contributed by atoms with Gasteiger partial charge in [-0.05, 0) is 67.6 Å². The number of sulfone groups is 1. The van der Waals surface area contributed by atoms with Gasteiger partial charge in [0, 0.05) is 24.0 Å². The van der Waals surface area contributed by atoms with E-state index in [2.05, 4.69) is 15.4 Å². The van der Waals surface area contributed by atoms with E-state index < -0.39 is 9.84 Å². The summed E-state index contributed by atoms with van der Waals surface area (Å²) in [6, 6.07) is 12.5. The number of hydrogen-bond donors (Lipinski definition) is 1. The largest absolute Gasteiger partial charge is 0.456 e. The minimum Gasteiger partial charge on any atom is -0.456 e. The lowest BCUT2D eigenvalue weighted by atomic mass is 9.93. The number of amides is 1. The number of anilines is 1. The molecule has 0 spiro atoms. The van der Waals surface area contributed by atoms with Crippen LogP contribution >= 0.6 is 0 Å². The summed E-state index contributed by atoms with van der Waals surface area (Å²) in [5, 5.41) is 7.88. The van der Waals surface area contributed by atoms with Crippen molar-refractivity contribution in [1.82, 2.24) is 14.8 Å². The number of aryl methyl sites for hydroxylation is 1. The highest BCUT2D eigenvalue weighted by Gasteiger charge is 2.20. The zero-order valence-electron chi connectivity index (χ0n) is 19.6. The molecule has 5 rings (SSSR count). The molecule has 8 nitrogen and oxygen atoms in total. The molecule has 0 bridgehead atoms. The zero-order valence-corrected chi connectivity index (χ0v) is 20.4. The van der Waals surface area contributed by atoms with Crippen LogP contribution in [-0.4, -0.2) is 35.3 Å². The summed E-state index contributed by atoms with van der Waals surface area (Å²) in [6.07, 6.45) is 10.1. The van der Waals surface area contributed by atoms with Crippen LogP contribution in [-0.2, 0) is 21.1 Å². The smallest absolute Gasteiger partial charge is 0.228 e. The molecule has 2 aromatic carbocycles. The van der Waals surface area contributed by atoms with Crippen molar-refractivity contribution in [2.75, 3.05) is 11.6 Å². The van der Waals surface area contributed by atoms with Crippen LogP contribution in [0.5, 0.6) is 11.5 Å². The maximum absolute atomic E-state index is 12.6. The van der Waals surface area contributed by atoms with Crippen molar-refractivity contribution < 1.29 is 17.9 Å². The first-order valence-electron chi connectivity index (χ1n) is 11.5. The van der Waals surface area contributed by atoms with Gasteiger partial charge in [0.2, 0.25) is 5.91 Å². The van der Waals surface area contributed by atoms with Crippen molar-refractivity contribution in [3.63, 3.8) is 0 Å². The molecular formula is C26H26N4O4S. The Morgan fingerprint density at radius 1 is 1.14 bits per heavy atom. The Morgan fingerprint density at radius 3 is 2.69 bits per heavy atom. The van der Waals surface area contributed by atoms with E-state index in [9.17, 15) is 13.2 Å². The normalized spacial score (nSPS) is 14.0. The summed E-state index contributed by atoms with van der Waals surface area (Å²) in [4.78, 5) is 17.1. The summed E-state index contributed by atoms with van der Waals surface area (Å²) >= 11 is 0. The number of pyridine rings is 1. The number of carbonyl (C=O) groups is 1. The van der Waals surface area contributed by atoms with Gasteiger partial charge in [-0.3, -0.25) is 14.5 Å². The molecule has 0 radical (unpaired) electrons. The van der Waals surface area contributed by atoms with Gasteiger partial charge in [-0.25, -0.2) is 8.42 Å². The number of fused-ring (bicyclic) bond motifs is 1. The maximum Gasteiger partial charge on any atom is 0.228 e. The number of nitrogens with one attached hydrogen (secondary N) is 1.